The highest BCUT2D eigenvalue weighted by Crippen LogP contribution is 2.21. The van der Waals surface area contributed by atoms with Crippen LogP contribution < -0.4 is 10.1 Å². The Balaban J connectivity index is 1.68. The number of rotatable bonds is 10. The van der Waals surface area contributed by atoms with E-state index in [9.17, 15) is 14.0 Å². The van der Waals surface area contributed by atoms with Gasteiger partial charge >= 0.3 is 5.97 Å². The van der Waals surface area contributed by atoms with E-state index in [0.717, 1.165) is 10.5 Å². The van der Waals surface area contributed by atoms with Gasteiger partial charge in [-0.05, 0) is 48.4 Å². The molecular formula is C20H22FNO4S. The Labute approximate surface area is 161 Å². The van der Waals surface area contributed by atoms with Crippen molar-refractivity contribution in [2.24, 2.45) is 5.92 Å². The summed E-state index contributed by atoms with van der Waals surface area (Å²) in [6, 6.07) is 13.3. The average Bonchev–Trinajstić information content (AvgIpc) is 2.66. The van der Waals surface area contributed by atoms with Gasteiger partial charge in [0.25, 0.3) is 0 Å². The van der Waals surface area contributed by atoms with Gasteiger partial charge in [-0.3, -0.25) is 4.79 Å². The van der Waals surface area contributed by atoms with Gasteiger partial charge in [0.15, 0.2) is 6.61 Å². The number of aliphatic carboxylic acids is 1. The Kier molecular flexibility index (Phi) is 8.13. The lowest BCUT2D eigenvalue weighted by Gasteiger charge is -2.12. The van der Waals surface area contributed by atoms with Crippen LogP contribution in [-0.4, -0.2) is 35.9 Å². The van der Waals surface area contributed by atoms with Gasteiger partial charge in [0.2, 0.25) is 5.91 Å². The van der Waals surface area contributed by atoms with Crippen LogP contribution in [0.3, 0.4) is 0 Å². The molecule has 0 radical (unpaired) electrons. The lowest BCUT2D eigenvalue weighted by molar-refractivity contribution is -0.139. The molecule has 2 aromatic carbocycles. The van der Waals surface area contributed by atoms with Gasteiger partial charge in [-0.2, -0.15) is 0 Å². The fourth-order valence-electron chi connectivity index (χ4n) is 2.23. The van der Waals surface area contributed by atoms with E-state index in [2.05, 4.69) is 5.32 Å². The smallest absolute Gasteiger partial charge is 0.341 e. The first kappa shape index (κ1) is 20.8. The molecular weight excluding hydrogens is 369 g/mol. The highest BCUT2D eigenvalue weighted by molar-refractivity contribution is 7.99. The van der Waals surface area contributed by atoms with Crippen LogP contribution in [0.5, 0.6) is 5.75 Å². The molecule has 0 saturated carbocycles. The van der Waals surface area contributed by atoms with Crippen molar-refractivity contribution in [3.8, 4) is 5.75 Å². The molecule has 0 fully saturated rings. The number of thioether (sulfide) groups is 1. The first-order chi connectivity index (χ1) is 12.9. The second-order valence-electron chi connectivity index (χ2n) is 6.03. The van der Waals surface area contributed by atoms with Gasteiger partial charge in [0.05, 0.1) is 0 Å². The van der Waals surface area contributed by atoms with E-state index in [0.29, 0.717) is 24.5 Å². The Morgan fingerprint density at radius 2 is 1.81 bits per heavy atom. The van der Waals surface area contributed by atoms with Gasteiger partial charge in [0, 0.05) is 23.1 Å². The molecule has 2 N–H and O–H groups in total. The van der Waals surface area contributed by atoms with E-state index in [-0.39, 0.29) is 24.2 Å². The monoisotopic (exact) mass is 391 g/mol. The van der Waals surface area contributed by atoms with Gasteiger partial charge < -0.3 is 15.2 Å². The van der Waals surface area contributed by atoms with Gasteiger partial charge in [-0.1, -0.05) is 19.1 Å². The van der Waals surface area contributed by atoms with Crippen LogP contribution in [0.15, 0.2) is 53.4 Å². The van der Waals surface area contributed by atoms with Crippen molar-refractivity contribution in [1.29, 1.82) is 0 Å². The first-order valence-corrected chi connectivity index (χ1v) is 9.52. The fourth-order valence-corrected chi connectivity index (χ4v) is 3.15. The number of nitrogens with one attached hydrogen (secondary N) is 1. The topological polar surface area (TPSA) is 75.6 Å². The Hall–Kier alpha value is -2.54. The summed E-state index contributed by atoms with van der Waals surface area (Å²) in [5.74, 6) is -0.359. The highest BCUT2D eigenvalue weighted by atomic mass is 32.2. The van der Waals surface area contributed by atoms with Gasteiger partial charge in [0.1, 0.15) is 11.6 Å². The predicted octanol–water partition coefficient (Wildman–Crippen LogP) is 3.38. The van der Waals surface area contributed by atoms with Crippen molar-refractivity contribution in [3.63, 3.8) is 0 Å². The SMILES string of the molecule is CC(CSc1ccc(F)cc1)C(=O)NCCc1ccc(OCC(=O)O)cc1. The molecule has 1 unspecified atom stereocenters. The van der Waals surface area contributed by atoms with Crippen LogP contribution >= 0.6 is 11.8 Å². The zero-order valence-electron chi connectivity index (χ0n) is 15.0. The number of amides is 1. The van der Waals surface area contributed by atoms with Crippen LogP contribution in [0.2, 0.25) is 0 Å². The number of halogens is 1. The molecule has 7 heteroatoms. The zero-order chi connectivity index (χ0) is 19.6. The molecule has 1 amide bonds. The number of hydrogen-bond donors (Lipinski definition) is 2. The van der Waals surface area contributed by atoms with E-state index < -0.39 is 5.97 Å². The number of benzene rings is 2. The van der Waals surface area contributed by atoms with E-state index in [1.165, 1.54) is 23.9 Å². The number of carbonyl (C=O) groups excluding carboxylic acids is 1. The van der Waals surface area contributed by atoms with Crippen molar-refractivity contribution in [2.75, 3.05) is 18.9 Å². The summed E-state index contributed by atoms with van der Waals surface area (Å²) in [5, 5.41) is 11.5. The van der Waals surface area contributed by atoms with Crippen molar-refractivity contribution < 1.29 is 23.8 Å². The van der Waals surface area contributed by atoms with Crippen molar-refractivity contribution >= 4 is 23.6 Å². The third kappa shape index (κ3) is 7.70. The Bertz CT molecular complexity index is 750. The van der Waals surface area contributed by atoms with Crippen LogP contribution in [0.4, 0.5) is 4.39 Å². The molecule has 0 aliphatic rings. The molecule has 0 aliphatic heterocycles. The van der Waals surface area contributed by atoms with Crippen LogP contribution in [0, 0.1) is 11.7 Å². The molecule has 1 atom stereocenters. The second-order valence-corrected chi connectivity index (χ2v) is 7.13. The number of ether oxygens (including phenoxy) is 1. The average molecular weight is 391 g/mol. The molecule has 0 aromatic heterocycles. The van der Waals surface area contributed by atoms with Crippen LogP contribution in [0.1, 0.15) is 12.5 Å². The van der Waals surface area contributed by atoms with Gasteiger partial charge in [-0.25, -0.2) is 9.18 Å². The van der Waals surface area contributed by atoms with Crippen LogP contribution in [0.25, 0.3) is 0 Å². The largest absolute Gasteiger partial charge is 0.482 e. The molecule has 0 saturated heterocycles. The fraction of sp³-hybridized carbons (Fsp3) is 0.300. The lowest BCUT2D eigenvalue weighted by atomic mass is 10.1. The predicted molar refractivity (Wildman–Crippen MR) is 103 cm³/mol. The zero-order valence-corrected chi connectivity index (χ0v) is 15.8. The minimum atomic E-state index is -1.02. The summed E-state index contributed by atoms with van der Waals surface area (Å²) < 4.78 is 18.0. The third-order valence-electron chi connectivity index (χ3n) is 3.76. The summed E-state index contributed by atoms with van der Waals surface area (Å²) >= 11 is 1.52. The maximum absolute atomic E-state index is 12.9. The van der Waals surface area contributed by atoms with E-state index in [1.54, 1.807) is 24.3 Å². The standard InChI is InChI=1S/C20H22FNO4S/c1-14(13-27-18-8-4-16(21)5-9-18)20(25)22-11-10-15-2-6-17(7-3-15)26-12-19(23)24/h2-9,14H,10-13H2,1H3,(H,22,25)(H,23,24). The van der Waals surface area contributed by atoms with Crippen molar-refractivity contribution in [3.05, 3.63) is 59.9 Å². The molecule has 0 spiro atoms. The minimum Gasteiger partial charge on any atom is -0.482 e. The van der Waals surface area contributed by atoms with Crippen LogP contribution in [-0.2, 0) is 16.0 Å². The molecule has 0 heterocycles. The molecule has 2 aromatic rings. The highest BCUT2D eigenvalue weighted by Gasteiger charge is 2.12. The maximum Gasteiger partial charge on any atom is 0.341 e. The first-order valence-electron chi connectivity index (χ1n) is 8.53. The second kappa shape index (κ2) is 10.6. The summed E-state index contributed by atoms with van der Waals surface area (Å²) in [6.07, 6.45) is 0.669. The number of carboxylic acids is 1. The Morgan fingerprint density at radius 3 is 2.44 bits per heavy atom. The van der Waals surface area contributed by atoms with Gasteiger partial charge in [-0.15, -0.1) is 11.8 Å². The molecule has 0 aliphatic carbocycles. The van der Waals surface area contributed by atoms with E-state index in [1.807, 2.05) is 19.1 Å². The summed E-state index contributed by atoms with van der Waals surface area (Å²) in [4.78, 5) is 23.5. The summed E-state index contributed by atoms with van der Waals surface area (Å²) in [6.45, 7) is 2.00. The number of hydrogen-bond acceptors (Lipinski definition) is 4. The molecule has 5 nitrogen and oxygen atoms in total. The molecule has 27 heavy (non-hydrogen) atoms. The number of carboxylic acid groups (broad SMARTS) is 1. The van der Waals surface area contributed by atoms with Crippen molar-refractivity contribution in [1.82, 2.24) is 5.32 Å². The normalized spacial score (nSPS) is 11.6. The minimum absolute atomic E-state index is 0.0222. The summed E-state index contributed by atoms with van der Waals surface area (Å²) in [5.41, 5.74) is 1.02. The summed E-state index contributed by atoms with van der Waals surface area (Å²) in [7, 11) is 0. The lowest BCUT2D eigenvalue weighted by Crippen LogP contribution is -2.31. The third-order valence-corrected chi connectivity index (χ3v) is 5.03. The molecule has 0 bridgehead atoms. The number of carbonyl (C=O) groups is 2. The van der Waals surface area contributed by atoms with E-state index in [4.69, 9.17) is 9.84 Å². The quantitative estimate of drug-likeness (QED) is 0.608. The van der Waals surface area contributed by atoms with E-state index >= 15 is 0 Å². The molecule has 2 rings (SSSR count). The molecule has 144 valence electrons. The van der Waals surface area contributed by atoms with Crippen molar-refractivity contribution in [2.45, 2.75) is 18.2 Å². The Morgan fingerprint density at radius 1 is 1.15 bits per heavy atom. The maximum atomic E-state index is 12.9.